The van der Waals surface area contributed by atoms with Gasteiger partial charge in [-0.15, -0.1) is 11.3 Å². The Morgan fingerprint density at radius 2 is 2.00 bits per heavy atom. The lowest BCUT2D eigenvalue weighted by Crippen LogP contribution is -2.33. The molecule has 1 aromatic heterocycles. The van der Waals surface area contributed by atoms with E-state index in [9.17, 15) is 14.4 Å². The van der Waals surface area contributed by atoms with E-state index < -0.39 is 0 Å². The predicted molar refractivity (Wildman–Crippen MR) is 140 cm³/mol. The number of anilines is 1. The fourth-order valence-electron chi connectivity index (χ4n) is 4.49. The smallest absolute Gasteiger partial charge is 0.256 e. The van der Waals surface area contributed by atoms with Crippen molar-refractivity contribution < 1.29 is 14.4 Å². The summed E-state index contributed by atoms with van der Waals surface area (Å²) < 4.78 is 0. The molecule has 3 heterocycles. The summed E-state index contributed by atoms with van der Waals surface area (Å²) in [4.78, 5) is 44.6. The third-order valence-corrected chi connectivity index (χ3v) is 8.62. The minimum absolute atomic E-state index is 0.0492. The molecule has 0 bridgehead atoms. The standard InChI is InChI=1S/C27H22N4O3S2/c32-24-10-7-15-11-17(5-8-20(15)30-24)27-29-14-18(35-27)13-28-25(33)16-6-9-23-21(12-16)31-26(34)19-3-1-2-4-22(19)36-23/h1-6,8-9,11,14,16H,7,10,12-13H2,(H,28,33)(H,30,32)(H,31,34)/t16-/m0/s1. The van der Waals surface area contributed by atoms with Crippen LogP contribution in [0.1, 0.15) is 33.6 Å². The topological polar surface area (TPSA) is 100 Å². The van der Waals surface area contributed by atoms with Crippen LogP contribution in [0.3, 0.4) is 0 Å². The summed E-state index contributed by atoms with van der Waals surface area (Å²) in [5, 5.41) is 9.79. The molecular weight excluding hydrogens is 492 g/mol. The maximum absolute atomic E-state index is 12.9. The van der Waals surface area contributed by atoms with Gasteiger partial charge < -0.3 is 16.0 Å². The van der Waals surface area contributed by atoms with Crippen molar-refractivity contribution in [1.29, 1.82) is 0 Å². The zero-order valence-corrected chi connectivity index (χ0v) is 20.8. The molecular formula is C27H22N4O3S2. The van der Waals surface area contributed by atoms with Crippen LogP contribution in [0.15, 0.2) is 76.3 Å². The molecule has 3 aromatic rings. The van der Waals surface area contributed by atoms with Crippen LogP contribution in [0.4, 0.5) is 5.69 Å². The van der Waals surface area contributed by atoms with Gasteiger partial charge in [0.15, 0.2) is 0 Å². The average Bonchev–Trinajstić information content (AvgIpc) is 3.31. The summed E-state index contributed by atoms with van der Waals surface area (Å²) >= 11 is 3.09. The molecule has 1 atom stereocenters. The second-order valence-electron chi connectivity index (χ2n) is 8.83. The van der Waals surface area contributed by atoms with E-state index >= 15 is 0 Å². The highest BCUT2D eigenvalue weighted by Gasteiger charge is 2.28. The quantitative estimate of drug-likeness (QED) is 0.471. The van der Waals surface area contributed by atoms with Crippen molar-refractivity contribution in [2.75, 3.05) is 5.32 Å². The van der Waals surface area contributed by atoms with Crippen molar-refractivity contribution in [1.82, 2.24) is 15.6 Å². The van der Waals surface area contributed by atoms with Crippen molar-refractivity contribution in [2.45, 2.75) is 30.7 Å². The molecule has 3 aliphatic rings. The number of thiazole rings is 1. The number of thioether (sulfide) groups is 1. The second kappa shape index (κ2) is 9.40. The molecule has 2 aromatic carbocycles. The monoisotopic (exact) mass is 514 g/mol. The zero-order valence-electron chi connectivity index (χ0n) is 19.2. The van der Waals surface area contributed by atoms with Crippen LogP contribution in [0.2, 0.25) is 0 Å². The van der Waals surface area contributed by atoms with E-state index in [1.807, 2.05) is 48.6 Å². The fraction of sp³-hybridized carbons (Fsp3) is 0.185. The molecule has 0 saturated carbocycles. The van der Waals surface area contributed by atoms with Gasteiger partial charge in [-0.2, -0.15) is 0 Å². The number of benzene rings is 2. The molecule has 0 unspecified atom stereocenters. The molecule has 36 heavy (non-hydrogen) atoms. The van der Waals surface area contributed by atoms with Crippen molar-refractivity contribution >= 4 is 46.5 Å². The van der Waals surface area contributed by atoms with E-state index in [2.05, 4.69) is 27.0 Å². The first-order chi connectivity index (χ1) is 17.5. The molecule has 2 aliphatic heterocycles. The molecule has 0 radical (unpaired) electrons. The number of amides is 3. The van der Waals surface area contributed by atoms with Crippen molar-refractivity contribution in [3.8, 4) is 10.6 Å². The number of aryl methyl sites for hydroxylation is 1. The van der Waals surface area contributed by atoms with Gasteiger partial charge in [-0.25, -0.2) is 4.98 Å². The molecule has 180 valence electrons. The maximum Gasteiger partial charge on any atom is 0.256 e. The highest BCUT2D eigenvalue weighted by molar-refractivity contribution is 8.03. The number of nitrogens with one attached hydrogen (secondary N) is 3. The van der Waals surface area contributed by atoms with Gasteiger partial charge in [0.2, 0.25) is 11.8 Å². The molecule has 1 aliphatic carbocycles. The Labute approximate surface area is 216 Å². The molecule has 0 fully saturated rings. The van der Waals surface area contributed by atoms with Gasteiger partial charge in [0.1, 0.15) is 5.01 Å². The summed E-state index contributed by atoms with van der Waals surface area (Å²) in [6.45, 7) is 0.389. The number of nitrogens with zero attached hydrogens (tertiary/aromatic N) is 1. The molecule has 0 saturated heterocycles. The average molecular weight is 515 g/mol. The molecule has 3 N–H and O–H groups in total. The van der Waals surface area contributed by atoms with Crippen molar-refractivity contribution in [3.05, 3.63) is 87.4 Å². The van der Waals surface area contributed by atoms with Crippen LogP contribution in [0.25, 0.3) is 10.6 Å². The Morgan fingerprint density at radius 1 is 1.11 bits per heavy atom. The normalized spacial score (nSPS) is 18.4. The lowest BCUT2D eigenvalue weighted by molar-refractivity contribution is -0.123. The van der Waals surface area contributed by atoms with E-state index in [1.165, 1.54) is 11.3 Å². The summed E-state index contributed by atoms with van der Waals surface area (Å²) in [6.07, 6.45) is 7.29. The zero-order chi connectivity index (χ0) is 24.6. The Bertz CT molecular complexity index is 1470. The van der Waals surface area contributed by atoms with Crippen molar-refractivity contribution in [2.24, 2.45) is 5.92 Å². The summed E-state index contributed by atoms with van der Waals surface area (Å²) in [6, 6.07) is 13.5. The molecule has 7 nitrogen and oxygen atoms in total. The largest absolute Gasteiger partial charge is 0.351 e. The molecule has 0 spiro atoms. The lowest BCUT2D eigenvalue weighted by Gasteiger charge is -2.20. The van der Waals surface area contributed by atoms with Crippen LogP contribution >= 0.6 is 23.1 Å². The summed E-state index contributed by atoms with van der Waals surface area (Å²) in [5.41, 5.74) is 4.42. The Kier molecular flexibility index (Phi) is 5.94. The Morgan fingerprint density at radius 3 is 2.92 bits per heavy atom. The highest BCUT2D eigenvalue weighted by Crippen LogP contribution is 2.38. The third kappa shape index (κ3) is 4.47. The lowest BCUT2D eigenvalue weighted by atomic mass is 9.97. The number of rotatable bonds is 4. The number of carbonyl (C=O) groups is 3. The first kappa shape index (κ1) is 22.8. The highest BCUT2D eigenvalue weighted by atomic mass is 32.2. The van der Waals surface area contributed by atoms with Gasteiger partial charge in [-0.3, -0.25) is 14.4 Å². The second-order valence-corrected chi connectivity index (χ2v) is 11.0. The van der Waals surface area contributed by atoms with Crippen molar-refractivity contribution in [3.63, 3.8) is 0 Å². The summed E-state index contributed by atoms with van der Waals surface area (Å²) in [7, 11) is 0. The van der Waals surface area contributed by atoms with E-state index in [0.717, 1.165) is 48.6 Å². The number of carbonyl (C=O) groups excluding carboxylic acids is 3. The minimum atomic E-state index is -0.353. The van der Waals surface area contributed by atoms with E-state index in [4.69, 9.17) is 0 Å². The van der Waals surface area contributed by atoms with Crippen LogP contribution in [0.5, 0.6) is 0 Å². The number of hydrogen-bond acceptors (Lipinski definition) is 6. The van der Waals surface area contributed by atoms with Gasteiger partial charge in [-0.05, 0) is 48.4 Å². The van der Waals surface area contributed by atoms with Gasteiger partial charge in [-0.1, -0.05) is 30.0 Å². The Hall–Kier alpha value is -3.69. The molecule has 6 rings (SSSR count). The van der Waals surface area contributed by atoms with Crippen LogP contribution in [-0.4, -0.2) is 22.7 Å². The van der Waals surface area contributed by atoms with Crippen LogP contribution in [0, 0.1) is 5.92 Å². The SMILES string of the molecule is O=C1CCc2cc(-c3ncc(CNC(=O)[C@H]4C=CC5=C(C4)NC(=O)c4ccccc4S5)s3)ccc2N1. The van der Waals surface area contributed by atoms with E-state index in [1.54, 1.807) is 18.0 Å². The van der Waals surface area contributed by atoms with E-state index in [0.29, 0.717) is 24.9 Å². The van der Waals surface area contributed by atoms with Gasteiger partial charge in [0.05, 0.1) is 18.0 Å². The molecule has 3 amide bonds. The minimum Gasteiger partial charge on any atom is -0.351 e. The maximum atomic E-state index is 12.9. The third-order valence-electron chi connectivity index (χ3n) is 6.39. The Balaban J connectivity index is 1.09. The first-order valence-corrected chi connectivity index (χ1v) is 13.3. The number of aromatic nitrogens is 1. The molecule has 9 heteroatoms. The fourth-order valence-corrected chi connectivity index (χ4v) is 6.40. The predicted octanol–water partition coefficient (Wildman–Crippen LogP) is 4.63. The number of allylic oxidation sites excluding steroid dienone is 2. The van der Waals surface area contributed by atoms with Gasteiger partial charge >= 0.3 is 0 Å². The van der Waals surface area contributed by atoms with Gasteiger partial charge in [0.25, 0.3) is 5.91 Å². The number of fused-ring (bicyclic) bond motifs is 2. The van der Waals surface area contributed by atoms with Gasteiger partial charge in [0, 0.05) is 50.7 Å². The van der Waals surface area contributed by atoms with Crippen LogP contribution < -0.4 is 16.0 Å². The number of hydrogen-bond donors (Lipinski definition) is 3. The summed E-state index contributed by atoms with van der Waals surface area (Å²) in [5.74, 6) is -0.528. The van der Waals surface area contributed by atoms with E-state index in [-0.39, 0.29) is 23.6 Å². The van der Waals surface area contributed by atoms with Crippen LogP contribution in [-0.2, 0) is 22.6 Å². The first-order valence-electron chi connectivity index (χ1n) is 11.7.